The van der Waals surface area contributed by atoms with E-state index in [1.165, 1.54) is 25.1 Å². The van der Waals surface area contributed by atoms with Gasteiger partial charge in [-0.25, -0.2) is 12.8 Å². The predicted octanol–water partition coefficient (Wildman–Crippen LogP) is 2.33. The second-order valence-corrected chi connectivity index (χ2v) is 7.62. The zero-order valence-electron chi connectivity index (χ0n) is 14.1. The molecule has 7 nitrogen and oxygen atoms in total. The summed E-state index contributed by atoms with van der Waals surface area (Å²) in [5, 5.41) is 2.93. The summed E-state index contributed by atoms with van der Waals surface area (Å²) in [6.45, 7) is 0.618. The van der Waals surface area contributed by atoms with Crippen molar-refractivity contribution in [1.82, 2.24) is 4.72 Å². The topological polar surface area (TPSA) is 102 Å². The number of sulfonamides is 1. The minimum absolute atomic E-state index is 0.331. The number of esters is 1. The molecule has 0 spiro atoms. The lowest BCUT2D eigenvalue weighted by atomic mass is 10.3. The average Bonchev–Trinajstić information content (AvgIpc) is 2.60. The quantitative estimate of drug-likeness (QED) is 0.677. The van der Waals surface area contributed by atoms with Crippen LogP contribution < -0.4 is 10.0 Å². The molecule has 1 atom stereocenters. The SMILES string of the molecule is C[C@H](OC(=O)CNS(=O)(=O)c1cccc(F)c1)C(=O)Nc1cccc(Cl)c1. The highest BCUT2D eigenvalue weighted by Crippen LogP contribution is 2.15. The summed E-state index contributed by atoms with van der Waals surface area (Å²) < 4.78 is 44.0. The van der Waals surface area contributed by atoms with Crippen LogP contribution in [-0.4, -0.2) is 32.9 Å². The van der Waals surface area contributed by atoms with E-state index in [2.05, 4.69) is 5.32 Å². The molecule has 0 bridgehead atoms. The normalized spacial score (nSPS) is 12.3. The number of halogens is 2. The number of ether oxygens (including phenoxy) is 1. The average molecular weight is 415 g/mol. The molecule has 144 valence electrons. The Labute approximate surface area is 160 Å². The van der Waals surface area contributed by atoms with Crippen molar-refractivity contribution in [1.29, 1.82) is 0 Å². The number of anilines is 1. The first-order valence-corrected chi connectivity index (χ1v) is 9.54. The first kappa shape index (κ1) is 20.8. The van der Waals surface area contributed by atoms with E-state index in [-0.39, 0.29) is 4.90 Å². The molecule has 2 aromatic rings. The Hall–Kier alpha value is -2.49. The third kappa shape index (κ3) is 6.31. The van der Waals surface area contributed by atoms with Crippen LogP contribution in [0, 0.1) is 5.82 Å². The van der Waals surface area contributed by atoms with Crippen molar-refractivity contribution < 1.29 is 27.1 Å². The lowest BCUT2D eigenvalue weighted by molar-refractivity contribution is -0.151. The van der Waals surface area contributed by atoms with Gasteiger partial charge in [-0.3, -0.25) is 9.59 Å². The van der Waals surface area contributed by atoms with E-state index >= 15 is 0 Å². The van der Waals surface area contributed by atoms with Gasteiger partial charge >= 0.3 is 5.97 Å². The minimum atomic E-state index is -4.09. The Morgan fingerprint density at radius 1 is 1.19 bits per heavy atom. The first-order chi connectivity index (χ1) is 12.7. The van der Waals surface area contributed by atoms with Crippen LogP contribution in [0.15, 0.2) is 53.4 Å². The molecule has 2 aromatic carbocycles. The Bertz CT molecular complexity index is 952. The number of benzene rings is 2. The number of carbonyl (C=O) groups is 2. The number of hydrogen-bond donors (Lipinski definition) is 2. The minimum Gasteiger partial charge on any atom is -0.452 e. The molecule has 10 heteroatoms. The number of rotatable bonds is 7. The summed E-state index contributed by atoms with van der Waals surface area (Å²) in [6.07, 6.45) is -1.17. The van der Waals surface area contributed by atoms with Gasteiger partial charge < -0.3 is 10.1 Å². The Kier molecular flexibility index (Phi) is 6.89. The standard InChI is InChI=1S/C17H16ClFN2O5S/c1-11(17(23)21-14-6-2-4-12(18)8-14)26-16(22)10-20-27(24,25)15-7-3-5-13(19)9-15/h2-9,11,20H,10H2,1H3,(H,21,23)/t11-/m0/s1. The fraction of sp³-hybridized carbons (Fsp3) is 0.176. The lowest BCUT2D eigenvalue weighted by Gasteiger charge is -2.14. The van der Waals surface area contributed by atoms with Gasteiger partial charge in [0, 0.05) is 10.7 Å². The van der Waals surface area contributed by atoms with Crippen molar-refractivity contribution in [3.8, 4) is 0 Å². The molecule has 0 aromatic heterocycles. The summed E-state index contributed by atoms with van der Waals surface area (Å²) in [4.78, 5) is 23.5. The molecule has 2 N–H and O–H groups in total. The Morgan fingerprint density at radius 2 is 1.89 bits per heavy atom. The largest absolute Gasteiger partial charge is 0.452 e. The van der Waals surface area contributed by atoms with Gasteiger partial charge in [0.2, 0.25) is 10.0 Å². The molecule has 1 amide bonds. The van der Waals surface area contributed by atoms with E-state index in [1.807, 2.05) is 4.72 Å². The van der Waals surface area contributed by atoms with Gasteiger partial charge in [0.25, 0.3) is 5.91 Å². The molecule has 0 heterocycles. The van der Waals surface area contributed by atoms with Gasteiger partial charge in [0.15, 0.2) is 6.10 Å². The molecule has 0 aliphatic heterocycles. The zero-order chi connectivity index (χ0) is 20.0. The van der Waals surface area contributed by atoms with Crippen LogP contribution in [0.3, 0.4) is 0 Å². The molecule has 2 rings (SSSR count). The van der Waals surface area contributed by atoms with Gasteiger partial charge in [-0.15, -0.1) is 0 Å². The molecule has 0 unspecified atom stereocenters. The van der Waals surface area contributed by atoms with Gasteiger partial charge in [-0.2, -0.15) is 4.72 Å². The van der Waals surface area contributed by atoms with Gasteiger partial charge in [-0.1, -0.05) is 23.7 Å². The number of hydrogen-bond acceptors (Lipinski definition) is 5. The summed E-state index contributed by atoms with van der Waals surface area (Å²) in [5.41, 5.74) is 0.419. The fourth-order valence-electron chi connectivity index (χ4n) is 1.97. The fourth-order valence-corrected chi connectivity index (χ4v) is 3.16. The maximum Gasteiger partial charge on any atom is 0.321 e. The molecular formula is C17H16ClFN2O5S. The van der Waals surface area contributed by atoms with E-state index < -0.39 is 40.4 Å². The van der Waals surface area contributed by atoms with Crippen molar-refractivity contribution in [3.63, 3.8) is 0 Å². The smallest absolute Gasteiger partial charge is 0.321 e. The van der Waals surface area contributed by atoms with Gasteiger partial charge in [0.05, 0.1) is 4.90 Å². The van der Waals surface area contributed by atoms with E-state index in [1.54, 1.807) is 18.2 Å². The summed E-state index contributed by atoms with van der Waals surface area (Å²) >= 11 is 5.81. The third-order valence-corrected chi connectivity index (χ3v) is 4.92. The first-order valence-electron chi connectivity index (χ1n) is 7.68. The van der Waals surface area contributed by atoms with E-state index in [4.69, 9.17) is 16.3 Å². The molecule has 0 aliphatic carbocycles. The van der Waals surface area contributed by atoms with Gasteiger partial charge in [0.1, 0.15) is 12.4 Å². The van der Waals surface area contributed by atoms with Gasteiger partial charge in [-0.05, 0) is 43.3 Å². The lowest BCUT2D eigenvalue weighted by Crippen LogP contribution is -2.35. The molecule has 0 saturated carbocycles. The number of carbonyl (C=O) groups excluding carboxylic acids is 2. The highest BCUT2D eigenvalue weighted by Gasteiger charge is 2.21. The molecule has 0 fully saturated rings. The van der Waals surface area contributed by atoms with Crippen molar-refractivity contribution in [2.45, 2.75) is 17.9 Å². The Morgan fingerprint density at radius 3 is 2.56 bits per heavy atom. The molecule has 0 aliphatic rings. The van der Waals surface area contributed by atoms with E-state index in [0.717, 1.165) is 12.1 Å². The summed E-state index contributed by atoms with van der Waals surface area (Å²) in [5.74, 6) is -2.31. The maximum atomic E-state index is 13.1. The highest BCUT2D eigenvalue weighted by atomic mass is 35.5. The van der Waals surface area contributed by atoms with Crippen molar-refractivity contribution in [2.75, 3.05) is 11.9 Å². The van der Waals surface area contributed by atoms with E-state index in [0.29, 0.717) is 10.7 Å². The maximum absolute atomic E-state index is 13.1. The van der Waals surface area contributed by atoms with Crippen LogP contribution in [0.1, 0.15) is 6.92 Å². The molecule has 0 radical (unpaired) electrons. The van der Waals surface area contributed by atoms with Crippen LogP contribution in [0.2, 0.25) is 5.02 Å². The number of amides is 1. The van der Waals surface area contributed by atoms with Crippen LogP contribution in [-0.2, 0) is 24.3 Å². The summed E-state index contributed by atoms with van der Waals surface area (Å²) in [6, 6.07) is 10.7. The van der Waals surface area contributed by atoms with Crippen LogP contribution in [0.25, 0.3) is 0 Å². The van der Waals surface area contributed by atoms with Crippen molar-refractivity contribution >= 4 is 39.2 Å². The molecular weight excluding hydrogens is 399 g/mol. The third-order valence-electron chi connectivity index (χ3n) is 3.28. The zero-order valence-corrected chi connectivity index (χ0v) is 15.7. The predicted molar refractivity (Wildman–Crippen MR) is 97.2 cm³/mol. The van der Waals surface area contributed by atoms with Crippen LogP contribution in [0.5, 0.6) is 0 Å². The second-order valence-electron chi connectivity index (χ2n) is 5.41. The van der Waals surface area contributed by atoms with E-state index in [9.17, 15) is 22.4 Å². The van der Waals surface area contributed by atoms with Crippen LogP contribution in [0.4, 0.5) is 10.1 Å². The monoisotopic (exact) mass is 414 g/mol. The molecule has 27 heavy (non-hydrogen) atoms. The van der Waals surface area contributed by atoms with Crippen molar-refractivity contribution in [2.24, 2.45) is 0 Å². The second kappa shape index (κ2) is 8.94. The van der Waals surface area contributed by atoms with Crippen molar-refractivity contribution in [3.05, 3.63) is 59.4 Å². The number of nitrogens with one attached hydrogen (secondary N) is 2. The summed E-state index contributed by atoms with van der Waals surface area (Å²) in [7, 11) is -4.09. The Balaban J connectivity index is 1.88. The molecule has 0 saturated heterocycles. The van der Waals surface area contributed by atoms with Crippen LogP contribution >= 0.6 is 11.6 Å². The highest BCUT2D eigenvalue weighted by molar-refractivity contribution is 7.89.